The number of halogens is 1. The maximum Gasteiger partial charge on any atom is 0.271 e. The topological polar surface area (TPSA) is 93.0 Å². The van der Waals surface area contributed by atoms with Gasteiger partial charge in [-0.2, -0.15) is 0 Å². The van der Waals surface area contributed by atoms with Crippen molar-refractivity contribution in [2.45, 2.75) is 19.8 Å². The van der Waals surface area contributed by atoms with E-state index in [1.54, 1.807) is 6.92 Å². The van der Waals surface area contributed by atoms with E-state index in [2.05, 4.69) is 0 Å². The Morgan fingerprint density at radius 3 is 2.86 bits per heavy atom. The Labute approximate surface area is 165 Å². The predicted molar refractivity (Wildman–Crippen MR) is 103 cm³/mol. The van der Waals surface area contributed by atoms with Crippen molar-refractivity contribution >= 4 is 28.9 Å². The van der Waals surface area contributed by atoms with Crippen molar-refractivity contribution in [3.8, 4) is 5.75 Å². The number of anilines is 2. The zero-order valence-electron chi connectivity index (χ0n) is 15.7. The number of carbonyl (C=O) groups is 2. The summed E-state index contributed by atoms with van der Waals surface area (Å²) in [6.07, 6.45) is 1.35. The average molecular weight is 399 g/mol. The zero-order valence-corrected chi connectivity index (χ0v) is 15.7. The molecule has 29 heavy (non-hydrogen) atoms. The molecule has 2 aromatic carbocycles. The van der Waals surface area contributed by atoms with Gasteiger partial charge in [0.15, 0.2) is 6.61 Å². The molecular formula is C20H18FN3O5. The smallest absolute Gasteiger partial charge is 0.271 e. The molecule has 2 amide bonds. The fourth-order valence-electron chi connectivity index (χ4n) is 3.79. The van der Waals surface area contributed by atoms with Gasteiger partial charge in [0.25, 0.3) is 11.6 Å². The number of nitrogens with zero attached hydrogens (tertiary/aromatic N) is 3. The van der Waals surface area contributed by atoms with Crippen molar-refractivity contribution in [3.63, 3.8) is 0 Å². The summed E-state index contributed by atoms with van der Waals surface area (Å²) in [5, 5.41) is 11.1. The van der Waals surface area contributed by atoms with Crippen molar-refractivity contribution in [3.05, 3.63) is 57.4 Å². The number of hydrogen-bond donors (Lipinski definition) is 0. The number of carbonyl (C=O) groups excluding carboxylic acids is 2. The summed E-state index contributed by atoms with van der Waals surface area (Å²) >= 11 is 0. The minimum Gasteiger partial charge on any atom is -0.482 e. The van der Waals surface area contributed by atoms with Crippen LogP contribution in [0.25, 0.3) is 0 Å². The molecule has 0 aromatic heterocycles. The number of hydrogen-bond acceptors (Lipinski definition) is 5. The van der Waals surface area contributed by atoms with Crippen LogP contribution in [0.5, 0.6) is 5.75 Å². The van der Waals surface area contributed by atoms with Crippen molar-refractivity contribution < 1.29 is 23.6 Å². The second-order valence-electron chi connectivity index (χ2n) is 7.08. The summed E-state index contributed by atoms with van der Waals surface area (Å²) < 4.78 is 19.9. The van der Waals surface area contributed by atoms with Gasteiger partial charge in [0.1, 0.15) is 18.1 Å². The molecular weight excluding hydrogens is 381 g/mol. The molecule has 0 saturated carbocycles. The summed E-state index contributed by atoms with van der Waals surface area (Å²) in [4.78, 5) is 38.5. The van der Waals surface area contributed by atoms with E-state index in [1.165, 1.54) is 29.2 Å². The summed E-state index contributed by atoms with van der Waals surface area (Å²) in [6.45, 7) is 1.50. The van der Waals surface area contributed by atoms with Crippen LogP contribution >= 0.6 is 0 Å². The zero-order chi connectivity index (χ0) is 20.7. The first-order chi connectivity index (χ1) is 13.8. The van der Waals surface area contributed by atoms with Gasteiger partial charge in [-0.15, -0.1) is 0 Å². The Morgan fingerprint density at radius 2 is 2.10 bits per heavy atom. The normalized spacial score (nSPS) is 15.4. The highest BCUT2D eigenvalue weighted by atomic mass is 19.1. The first kappa shape index (κ1) is 18.9. The summed E-state index contributed by atoms with van der Waals surface area (Å²) in [5.74, 6) is -1.14. The van der Waals surface area contributed by atoms with E-state index >= 15 is 0 Å². The van der Waals surface area contributed by atoms with Gasteiger partial charge in [0, 0.05) is 18.7 Å². The van der Waals surface area contributed by atoms with Gasteiger partial charge in [0.2, 0.25) is 5.91 Å². The minimum absolute atomic E-state index is 0.158. The van der Waals surface area contributed by atoms with Crippen LogP contribution in [0.4, 0.5) is 21.5 Å². The molecule has 0 saturated heterocycles. The Morgan fingerprint density at radius 1 is 1.31 bits per heavy atom. The molecule has 8 nitrogen and oxygen atoms in total. The van der Waals surface area contributed by atoms with Crippen LogP contribution in [0.1, 0.15) is 17.5 Å². The molecule has 0 bridgehead atoms. The van der Waals surface area contributed by atoms with Gasteiger partial charge in [-0.3, -0.25) is 24.6 Å². The van der Waals surface area contributed by atoms with Crippen LogP contribution in [0.3, 0.4) is 0 Å². The number of ether oxygens (including phenoxy) is 1. The van der Waals surface area contributed by atoms with E-state index in [-0.39, 0.29) is 36.0 Å². The van der Waals surface area contributed by atoms with Crippen LogP contribution < -0.4 is 14.5 Å². The fourth-order valence-corrected chi connectivity index (χ4v) is 3.79. The van der Waals surface area contributed by atoms with Crippen LogP contribution in [0.15, 0.2) is 30.3 Å². The molecule has 0 spiro atoms. The number of amides is 2. The van der Waals surface area contributed by atoms with E-state index in [0.717, 1.165) is 16.0 Å². The largest absolute Gasteiger partial charge is 0.482 e. The van der Waals surface area contributed by atoms with E-state index in [9.17, 15) is 24.1 Å². The molecule has 4 rings (SSSR count). The lowest BCUT2D eigenvalue weighted by Gasteiger charge is -2.34. The SMILES string of the molecule is Cc1cc(F)c2c(c1)CCCN2C(=O)CN1C(=O)COc2ccc([N+](=O)[O-])cc21. The average Bonchev–Trinajstić information content (AvgIpc) is 2.68. The van der Waals surface area contributed by atoms with E-state index in [4.69, 9.17) is 4.74 Å². The molecule has 0 unspecified atom stereocenters. The van der Waals surface area contributed by atoms with Gasteiger partial charge in [-0.1, -0.05) is 6.07 Å². The van der Waals surface area contributed by atoms with Gasteiger partial charge >= 0.3 is 0 Å². The number of rotatable bonds is 3. The number of nitro groups is 1. The van der Waals surface area contributed by atoms with Crippen molar-refractivity contribution in [2.75, 3.05) is 29.5 Å². The summed E-state index contributed by atoms with van der Waals surface area (Å²) in [6, 6.07) is 7.11. The van der Waals surface area contributed by atoms with Crippen molar-refractivity contribution in [1.82, 2.24) is 0 Å². The van der Waals surface area contributed by atoms with E-state index < -0.39 is 22.6 Å². The Bertz CT molecular complexity index is 1040. The molecule has 2 aliphatic rings. The number of benzene rings is 2. The molecule has 0 aliphatic carbocycles. The summed E-state index contributed by atoms with van der Waals surface area (Å²) in [5.41, 5.74) is 1.72. The molecule has 2 heterocycles. The fraction of sp³-hybridized carbons (Fsp3) is 0.300. The van der Waals surface area contributed by atoms with Crippen LogP contribution in [0.2, 0.25) is 0 Å². The summed E-state index contributed by atoms with van der Waals surface area (Å²) in [7, 11) is 0. The number of nitro benzene ring substituents is 1. The van der Waals surface area contributed by atoms with Gasteiger partial charge < -0.3 is 9.64 Å². The second-order valence-corrected chi connectivity index (χ2v) is 7.08. The number of aryl methyl sites for hydroxylation is 2. The lowest BCUT2D eigenvalue weighted by Crippen LogP contribution is -2.48. The number of non-ortho nitro benzene ring substituents is 1. The van der Waals surface area contributed by atoms with Crippen LogP contribution in [0, 0.1) is 22.9 Å². The van der Waals surface area contributed by atoms with Gasteiger partial charge in [-0.05, 0) is 43.0 Å². The van der Waals surface area contributed by atoms with E-state index in [1.807, 2.05) is 6.07 Å². The molecule has 9 heteroatoms. The minimum atomic E-state index is -0.585. The molecule has 0 N–H and O–H groups in total. The maximum absolute atomic E-state index is 14.6. The predicted octanol–water partition coefficient (Wildman–Crippen LogP) is 2.75. The first-order valence-electron chi connectivity index (χ1n) is 9.16. The Balaban J connectivity index is 1.66. The highest BCUT2D eigenvalue weighted by Crippen LogP contribution is 2.36. The third-order valence-corrected chi connectivity index (χ3v) is 5.08. The van der Waals surface area contributed by atoms with Crippen LogP contribution in [-0.2, 0) is 16.0 Å². The standard InChI is InChI=1S/C20H18FN3O5/c1-12-7-13-3-2-6-22(20(13)15(21)8-12)18(25)10-23-16-9-14(24(27)28)4-5-17(16)29-11-19(23)26/h4-5,7-9H,2-3,6,10-11H2,1H3. The second kappa shape index (κ2) is 7.16. The molecule has 0 radical (unpaired) electrons. The molecule has 2 aromatic rings. The monoisotopic (exact) mass is 399 g/mol. The van der Waals surface area contributed by atoms with Gasteiger partial charge in [0.05, 0.1) is 16.3 Å². The molecule has 150 valence electrons. The molecule has 2 aliphatic heterocycles. The maximum atomic E-state index is 14.6. The Kier molecular flexibility index (Phi) is 4.65. The number of fused-ring (bicyclic) bond motifs is 2. The third kappa shape index (κ3) is 3.39. The van der Waals surface area contributed by atoms with Crippen molar-refractivity contribution in [2.24, 2.45) is 0 Å². The van der Waals surface area contributed by atoms with Crippen molar-refractivity contribution in [1.29, 1.82) is 0 Å². The quantitative estimate of drug-likeness (QED) is 0.584. The molecule has 0 fully saturated rings. The first-order valence-corrected chi connectivity index (χ1v) is 9.16. The lowest BCUT2D eigenvalue weighted by atomic mass is 9.99. The van der Waals surface area contributed by atoms with E-state index in [0.29, 0.717) is 19.4 Å². The lowest BCUT2D eigenvalue weighted by molar-refractivity contribution is -0.384. The van der Waals surface area contributed by atoms with Gasteiger partial charge in [-0.25, -0.2) is 4.39 Å². The molecule has 0 atom stereocenters. The Hall–Kier alpha value is -3.49. The third-order valence-electron chi connectivity index (χ3n) is 5.08. The highest BCUT2D eigenvalue weighted by Gasteiger charge is 2.33. The highest BCUT2D eigenvalue weighted by molar-refractivity contribution is 6.06. The van der Waals surface area contributed by atoms with Crippen LogP contribution in [-0.4, -0.2) is 36.4 Å².